The van der Waals surface area contributed by atoms with Gasteiger partial charge in [-0.15, -0.1) is 0 Å². The summed E-state index contributed by atoms with van der Waals surface area (Å²) in [5, 5.41) is 3.98. The Morgan fingerprint density at radius 1 is 1.19 bits per heavy atom. The summed E-state index contributed by atoms with van der Waals surface area (Å²) in [6, 6.07) is 13.7. The molecule has 1 unspecified atom stereocenters. The molecule has 32 heavy (non-hydrogen) atoms. The number of ether oxygens (including phenoxy) is 2. The molecule has 0 spiro atoms. The summed E-state index contributed by atoms with van der Waals surface area (Å²) >= 11 is 0. The zero-order chi connectivity index (χ0) is 22.3. The summed E-state index contributed by atoms with van der Waals surface area (Å²) in [5.74, 6) is 1.93. The molecule has 7 nitrogen and oxygen atoms in total. The summed E-state index contributed by atoms with van der Waals surface area (Å²) in [6.45, 7) is 6.79. The van der Waals surface area contributed by atoms with E-state index < -0.39 is 0 Å². The largest absolute Gasteiger partial charge is 0.493 e. The Morgan fingerprint density at radius 2 is 2.09 bits per heavy atom. The van der Waals surface area contributed by atoms with Crippen molar-refractivity contribution in [3.05, 3.63) is 76.9 Å². The van der Waals surface area contributed by atoms with Gasteiger partial charge in [0.15, 0.2) is 0 Å². The molecule has 0 saturated carbocycles. The van der Waals surface area contributed by atoms with Gasteiger partial charge in [0, 0.05) is 30.8 Å². The molecule has 1 amide bonds. The second-order valence-electron chi connectivity index (χ2n) is 8.24. The third-order valence-electron chi connectivity index (χ3n) is 5.72. The summed E-state index contributed by atoms with van der Waals surface area (Å²) in [4.78, 5) is 19.5. The molecular weight excluding hydrogens is 406 g/mol. The monoisotopic (exact) mass is 435 g/mol. The molecule has 1 aliphatic heterocycles. The van der Waals surface area contributed by atoms with Crippen molar-refractivity contribution < 1.29 is 18.8 Å². The molecule has 0 bridgehead atoms. The van der Waals surface area contributed by atoms with Crippen molar-refractivity contribution in [1.82, 2.24) is 15.0 Å². The molecule has 1 atom stereocenters. The molecule has 168 valence electrons. The van der Waals surface area contributed by atoms with Gasteiger partial charge in [-0.2, -0.15) is 0 Å². The highest BCUT2D eigenvalue weighted by Gasteiger charge is 2.21. The van der Waals surface area contributed by atoms with Gasteiger partial charge in [-0.05, 0) is 50.1 Å². The van der Waals surface area contributed by atoms with Crippen LogP contribution in [0, 0.1) is 19.8 Å². The normalized spacial score (nSPS) is 15.6. The van der Waals surface area contributed by atoms with Crippen LogP contribution in [0.1, 0.15) is 34.7 Å². The van der Waals surface area contributed by atoms with E-state index in [2.05, 4.69) is 10.1 Å². The fourth-order valence-corrected chi connectivity index (χ4v) is 3.82. The van der Waals surface area contributed by atoms with Crippen LogP contribution in [0.5, 0.6) is 5.75 Å². The average Bonchev–Trinajstić information content (AvgIpc) is 3.44. The summed E-state index contributed by atoms with van der Waals surface area (Å²) in [6.07, 6.45) is 3.02. The zero-order valence-corrected chi connectivity index (χ0v) is 18.6. The molecule has 0 N–H and O–H groups in total. The third-order valence-corrected chi connectivity index (χ3v) is 5.72. The van der Waals surface area contributed by atoms with Crippen LogP contribution in [0.15, 0.2) is 53.2 Å². The van der Waals surface area contributed by atoms with E-state index in [0.717, 1.165) is 47.9 Å². The van der Waals surface area contributed by atoms with Crippen LogP contribution in [0.2, 0.25) is 0 Å². The first-order valence-corrected chi connectivity index (χ1v) is 11.0. The first-order valence-electron chi connectivity index (χ1n) is 11.0. The lowest BCUT2D eigenvalue weighted by Crippen LogP contribution is -2.32. The van der Waals surface area contributed by atoms with Gasteiger partial charge in [0.2, 0.25) is 5.91 Å². The zero-order valence-electron chi connectivity index (χ0n) is 18.6. The second kappa shape index (κ2) is 10.4. The number of hydrogen-bond acceptors (Lipinski definition) is 6. The number of amides is 1. The third kappa shape index (κ3) is 5.73. The molecule has 3 aromatic rings. The summed E-state index contributed by atoms with van der Waals surface area (Å²) in [5.41, 5.74) is 3.44. The molecule has 7 heteroatoms. The molecule has 1 aromatic carbocycles. The molecule has 3 heterocycles. The van der Waals surface area contributed by atoms with Crippen molar-refractivity contribution in [3.63, 3.8) is 0 Å². The first-order chi connectivity index (χ1) is 15.6. The SMILES string of the molecule is Cc1noc(C)c1CC(=O)N(Cc1cccc(OCC2CCOC2)c1)Cc1ccccn1. The van der Waals surface area contributed by atoms with Crippen molar-refractivity contribution in [3.8, 4) is 5.75 Å². The summed E-state index contributed by atoms with van der Waals surface area (Å²) < 4.78 is 16.7. The van der Waals surface area contributed by atoms with Gasteiger partial charge in [-0.3, -0.25) is 9.78 Å². The van der Waals surface area contributed by atoms with E-state index in [1.165, 1.54) is 0 Å². The van der Waals surface area contributed by atoms with Crippen molar-refractivity contribution in [2.24, 2.45) is 5.92 Å². The number of rotatable bonds is 9. The maximum absolute atomic E-state index is 13.3. The van der Waals surface area contributed by atoms with E-state index in [1.807, 2.05) is 61.2 Å². The van der Waals surface area contributed by atoms with Crippen LogP contribution in [0.25, 0.3) is 0 Å². The molecule has 2 aromatic heterocycles. The Labute approximate surface area is 188 Å². The lowest BCUT2D eigenvalue weighted by Gasteiger charge is -2.23. The first kappa shape index (κ1) is 22.0. The average molecular weight is 436 g/mol. The lowest BCUT2D eigenvalue weighted by molar-refractivity contribution is -0.131. The van der Waals surface area contributed by atoms with Gasteiger partial charge >= 0.3 is 0 Å². The van der Waals surface area contributed by atoms with Crippen LogP contribution in [0.4, 0.5) is 0 Å². The molecule has 1 fully saturated rings. The minimum Gasteiger partial charge on any atom is -0.493 e. The minimum absolute atomic E-state index is 0.000483. The van der Waals surface area contributed by atoms with E-state index >= 15 is 0 Å². The molecular formula is C25H29N3O4. The Kier molecular flexibility index (Phi) is 7.17. The number of pyridine rings is 1. The molecule has 1 aliphatic rings. The minimum atomic E-state index is -0.000483. The molecule has 0 radical (unpaired) electrons. The van der Waals surface area contributed by atoms with Crippen molar-refractivity contribution in [2.75, 3.05) is 19.8 Å². The lowest BCUT2D eigenvalue weighted by atomic mass is 10.1. The number of carbonyl (C=O) groups excluding carboxylic acids is 1. The highest BCUT2D eigenvalue weighted by atomic mass is 16.5. The molecule has 0 aliphatic carbocycles. The Balaban J connectivity index is 1.48. The highest BCUT2D eigenvalue weighted by molar-refractivity contribution is 5.79. The number of hydrogen-bond donors (Lipinski definition) is 0. The molecule has 1 saturated heterocycles. The highest BCUT2D eigenvalue weighted by Crippen LogP contribution is 2.21. The van der Waals surface area contributed by atoms with Crippen LogP contribution < -0.4 is 4.74 Å². The van der Waals surface area contributed by atoms with Crippen molar-refractivity contribution in [2.45, 2.75) is 39.8 Å². The van der Waals surface area contributed by atoms with E-state index in [-0.39, 0.29) is 12.3 Å². The maximum atomic E-state index is 13.3. The van der Waals surface area contributed by atoms with Crippen molar-refractivity contribution in [1.29, 1.82) is 0 Å². The number of aryl methyl sites for hydroxylation is 2. The Morgan fingerprint density at radius 3 is 2.81 bits per heavy atom. The van der Waals surface area contributed by atoms with E-state index in [9.17, 15) is 4.79 Å². The van der Waals surface area contributed by atoms with Crippen LogP contribution in [0.3, 0.4) is 0 Å². The van der Waals surface area contributed by atoms with Crippen LogP contribution >= 0.6 is 0 Å². The smallest absolute Gasteiger partial charge is 0.227 e. The number of carbonyl (C=O) groups is 1. The van der Waals surface area contributed by atoms with Gasteiger partial charge in [-0.25, -0.2) is 0 Å². The topological polar surface area (TPSA) is 77.7 Å². The van der Waals surface area contributed by atoms with E-state index in [1.54, 1.807) is 6.20 Å². The molecule has 4 rings (SSSR count). The standard InChI is InChI=1S/C25H29N3O4/c1-18-24(19(2)32-27-18)13-25(29)28(15-22-7-3-4-10-26-22)14-20-6-5-8-23(12-20)31-17-21-9-11-30-16-21/h3-8,10,12,21H,9,11,13-17H2,1-2H3. The Hall–Kier alpha value is -3.19. The predicted octanol–water partition coefficient (Wildman–Crippen LogP) is 3.87. The van der Waals surface area contributed by atoms with Gasteiger partial charge in [-0.1, -0.05) is 23.4 Å². The summed E-state index contributed by atoms with van der Waals surface area (Å²) in [7, 11) is 0. The van der Waals surface area contributed by atoms with Crippen molar-refractivity contribution >= 4 is 5.91 Å². The van der Waals surface area contributed by atoms with Gasteiger partial charge < -0.3 is 18.9 Å². The quantitative estimate of drug-likeness (QED) is 0.508. The fourth-order valence-electron chi connectivity index (χ4n) is 3.82. The van der Waals surface area contributed by atoms with Crippen LogP contribution in [-0.2, 0) is 29.0 Å². The fraction of sp³-hybridized carbons (Fsp3) is 0.400. The maximum Gasteiger partial charge on any atom is 0.227 e. The number of benzene rings is 1. The number of nitrogens with zero attached hydrogens (tertiary/aromatic N) is 3. The van der Waals surface area contributed by atoms with Gasteiger partial charge in [0.25, 0.3) is 0 Å². The number of aromatic nitrogens is 2. The van der Waals surface area contributed by atoms with Crippen LogP contribution in [-0.4, -0.2) is 40.8 Å². The van der Waals surface area contributed by atoms with Gasteiger partial charge in [0.05, 0.1) is 37.6 Å². The van der Waals surface area contributed by atoms with Gasteiger partial charge in [0.1, 0.15) is 11.5 Å². The predicted molar refractivity (Wildman–Crippen MR) is 119 cm³/mol. The Bertz CT molecular complexity index is 1010. The second-order valence-corrected chi connectivity index (χ2v) is 8.24. The van der Waals surface area contributed by atoms with E-state index in [0.29, 0.717) is 31.4 Å². The van der Waals surface area contributed by atoms with E-state index in [4.69, 9.17) is 14.0 Å².